The lowest BCUT2D eigenvalue weighted by atomic mass is 9.96. The predicted molar refractivity (Wildman–Crippen MR) is 125 cm³/mol. The van der Waals surface area contributed by atoms with E-state index in [1.807, 2.05) is 30.3 Å². The number of ether oxygens (including phenoxy) is 1. The lowest BCUT2D eigenvalue weighted by molar-refractivity contribution is -0.139. The quantitative estimate of drug-likeness (QED) is 0.544. The first-order chi connectivity index (χ1) is 15.9. The number of anilines is 1. The molecule has 0 bridgehead atoms. The van der Waals surface area contributed by atoms with Crippen LogP contribution >= 0.6 is 11.3 Å². The molecule has 0 saturated carbocycles. The van der Waals surface area contributed by atoms with E-state index in [0.717, 1.165) is 5.56 Å². The van der Waals surface area contributed by atoms with Crippen LogP contribution in [0.2, 0.25) is 0 Å². The molecular formula is C24H21N3O5S. The number of benzene rings is 2. The average molecular weight is 464 g/mol. The standard InChI is InChI=1S/C24H21N3O5S/c1-3-32-23(31)19-14(2)26-24-27(20(19)15-7-5-4-6-8-15)21(28)18(33-24)13-25-17-11-9-16(10-12-17)22(29)30/h4-13,20,25H,3H2,1-2H3,(H,29,30)/b18-13-/t20-/m1/s1. The molecule has 0 spiro atoms. The van der Waals surface area contributed by atoms with Crippen molar-refractivity contribution in [3.8, 4) is 0 Å². The van der Waals surface area contributed by atoms with Gasteiger partial charge in [-0.2, -0.15) is 0 Å². The number of esters is 1. The van der Waals surface area contributed by atoms with Crippen LogP contribution in [0.4, 0.5) is 5.69 Å². The van der Waals surface area contributed by atoms with Crippen LogP contribution < -0.4 is 20.2 Å². The molecule has 1 aliphatic heterocycles. The highest BCUT2D eigenvalue weighted by Crippen LogP contribution is 2.30. The Labute approximate surface area is 192 Å². The monoisotopic (exact) mass is 463 g/mol. The Morgan fingerprint density at radius 2 is 1.88 bits per heavy atom. The van der Waals surface area contributed by atoms with Crippen molar-refractivity contribution in [1.29, 1.82) is 0 Å². The number of nitrogens with one attached hydrogen (secondary N) is 1. The first-order valence-corrected chi connectivity index (χ1v) is 11.1. The molecule has 0 radical (unpaired) electrons. The fourth-order valence-corrected chi connectivity index (χ4v) is 4.57. The first-order valence-electron chi connectivity index (χ1n) is 10.2. The maximum Gasteiger partial charge on any atom is 0.338 e. The molecule has 3 aromatic rings. The highest BCUT2D eigenvalue weighted by molar-refractivity contribution is 7.07. The molecule has 33 heavy (non-hydrogen) atoms. The zero-order valence-electron chi connectivity index (χ0n) is 17.9. The molecule has 168 valence electrons. The summed E-state index contributed by atoms with van der Waals surface area (Å²) in [6, 6.07) is 14.8. The normalized spacial score (nSPS) is 15.6. The van der Waals surface area contributed by atoms with E-state index in [-0.39, 0.29) is 17.7 Å². The summed E-state index contributed by atoms with van der Waals surface area (Å²) in [6.07, 6.45) is 1.56. The van der Waals surface area contributed by atoms with E-state index in [1.54, 1.807) is 32.2 Å². The first kappa shape index (κ1) is 22.2. The van der Waals surface area contributed by atoms with Crippen molar-refractivity contribution in [2.45, 2.75) is 19.9 Å². The molecular weight excluding hydrogens is 442 g/mol. The Balaban J connectivity index is 1.80. The number of hydrogen-bond donors (Lipinski definition) is 2. The van der Waals surface area contributed by atoms with E-state index in [1.165, 1.54) is 28.0 Å². The summed E-state index contributed by atoms with van der Waals surface area (Å²) in [5, 5.41) is 12.1. The molecule has 0 saturated heterocycles. The fraction of sp³-hybridized carbons (Fsp3) is 0.167. The minimum atomic E-state index is -1.01. The third-order valence-electron chi connectivity index (χ3n) is 5.13. The summed E-state index contributed by atoms with van der Waals surface area (Å²) in [7, 11) is 0. The molecule has 1 aromatic heterocycles. The minimum absolute atomic E-state index is 0.171. The van der Waals surface area contributed by atoms with Gasteiger partial charge < -0.3 is 15.2 Å². The molecule has 0 unspecified atom stereocenters. The lowest BCUT2D eigenvalue weighted by Crippen LogP contribution is -2.40. The van der Waals surface area contributed by atoms with Gasteiger partial charge in [-0.15, -0.1) is 0 Å². The van der Waals surface area contributed by atoms with E-state index in [4.69, 9.17) is 9.84 Å². The molecule has 0 amide bonds. The third-order valence-corrected chi connectivity index (χ3v) is 6.12. The fourth-order valence-electron chi connectivity index (χ4n) is 3.60. The summed E-state index contributed by atoms with van der Waals surface area (Å²) >= 11 is 1.20. The topological polar surface area (TPSA) is 110 Å². The van der Waals surface area contributed by atoms with Crippen LogP contribution in [0.5, 0.6) is 0 Å². The van der Waals surface area contributed by atoms with E-state index >= 15 is 0 Å². The van der Waals surface area contributed by atoms with Crippen molar-refractivity contribution in [2.75, 3.05) is 11.9 Å². The smallest absolute Gasteiger partial charge is 0.338 e. The van der Waals surface area contributed by atoms with E-state index in [2.05, 4.69) is 10.3 Å². The molecule has 9 heteroatoms. The zero-order valence-corrected chi connectivity index (χ0v) is 18.8. The number of aromatic nitrogens is 1. The van der Waals surface area contributed by atoms with Crippen molar-refractivity contribution in [3.05, 3.63) is 96.7 Å². The van der Waals surface area contributed by atoms with Gasteiger partial charge in [0.15, 0.2) is 4.80 Å². The lowest BCUT2D eigenvalue weighted by Gasteiger charge is -2.24. The van der Waals surface area contributed by atoms with E-state index in [0.29, 0.717) is 26.3 Å². The third kappa shape index (κ3) is 4.35. The molecule has 2 aromatic carbocycles. The second kappa shape index (κ2) is 9.25. The van der Waals surface area contributed by atoms with E-state index in [9.17, 15) is 14.4 Å². The predicted octanol–water partition coefficient (Wildman–Crippen LogP) is 2.52. The zero-order chi connectivity index (χ0) is 23.5. The number of thiazole rings is 1. The molecule has 2 heterocycles. The van der Waals surface area contributed by atoms with E-state index < -0.39 is 18.0 Å². The summed E-state index contributed by atoms with van der Waals surface area (Å²) < 4.78 is 7.18. The summed E-state index contributed by atoms with van der Waals surface area (Å²) in [4.78, 5) is 42.2. The average Bonchev–Trinajstić information content (AvgIpc) is 3.12. The largest absolute Gasteiger partial charge is 0.478 e. The van der Waals surface area contributed by atoms with Gasteiger partial charge in [-0.25, -0.2) is 14.6 Å². The summed E-state index contributed by atoms with van der Waals surface area (Å²) in [5.41, 5.74) is 2.13. The highest BCUT2D eigenvalue weighted by atomic mass is 32.1. The Hall–Kier alpha value is -3.98. The molecule has 0 aliphatic carbocycles. The van der Waals surface area contributed by atoms with Crippen molar-refractivity contribution in [1.82, 2.24) is 4.57 Å². The Kier molecular flexibility index (Phi) is 6.23. The second-order valence-electron chi connectivity index (χ2n) is 7.24. The molecule has 1 atom stereocenters. The SMILES string of the molecule is CCOC(=O)C1=C(C)N=c2s/c(=C\Nc3ccc(C(=O)O)cc3)c(=O)n2[C@@H]1c1ccccc1. The van der Waals surface area contributed by atoms with Crippen LogP contribution in [-0.4, -0.2) is 28.2 Å². The number of rotatable bonds is 6. The number of allylic oxidation sites excluding steroid dienone is 1. The van der Waals surface area contributed by atoms with Gasteiger partial charge in [0, 0.05) is 11.9 Å². The summed E-state index contributed by atoms with van der Waals surface area (Å²) in [5.74, 6) is -1.51. The maximum atomic E-state index is 13.4. The van der Waals surface area contributed by atoms with Gasteiger partial charge in [0.25, 0.3) is 5.56 Å². The Bertz CT molecular complexity index is 1420. The Morgan fingerprint density at radius 1 is 1.18 bits per heavy atom. The van der Waals surface area contributed by atoms with Crippen molar-refractivity contribution in [2.24, 2.45) is 4.99 Å². The van der Waals surface area contributed by atoms with Gasteiger partial charge in [0.05, 0.1) is 29.5 Å². The highest BCUT2D eigenvalue weighted by Gasteiger charge is 2.33. The van der Waals surface area contributed by atoms with Crippen molar-refractivity contribution >= 4 is 35.2 Å². The van der Waals surface area contributed by atoms with Gasteiger partial charge >= 0.3 is 11.9 Å². The van der Waals surface area contributed by atoms with Crippen LogP contribution in [0.1, 0.15) is 35.8 Å². The van der Waals surface area contributed by atoms with Gasteiger partial charge in [0.1, 0.15) is 4.53 Å². The van der Waals surface area contributed by atoms with Gasteiger partial charge in [-0.05, 0) is 43.7 Å². The number of carbonyl (C=O) groups is 2. The molecule has 1 aliphatic rings. The van der Waals surface area contributed by atoms with Gasteiger partial charge in [-0.1, -0.05) is 41.7 Å². The summed E-state index contributed by atoms with van der Waals surface area (Å²) in [6.45, 7) is 3.68. The number of carboxylic acids is 1. The van der Waals surface area contributed by atoms with Crippen molar-refractivity contribution in [3.63, 3.8) is 0 Å². The van der Waals surface area contributed by atoms with Crippen LogP contribution in [0.3, 0.4) is 0 Å². The number of carbonyl (C=O) groups excluding carboxylic acids is 1. The van der Waals surface area contributed by atoms with Crippen LogP contribution in [0.25, 0.3) is 6.20 Å². The minimum Gasteiger partial charge on any atom is -0.478 e. The number of aromatic carboxylic acids is 1. The number of hydrogen-bond acceptors (Lipinski definition) is 7. The van der Waals surface area contributed by atoms with Crippen LogP contribution in [0.15, 0.2) is 75.7 Å². The second-order valence-corrected chi connectivity index (χ2v) is 8.25. The number of fused-ring (bicyclic) bond motifs is 1. The molecule has 8 nitrogen and oxygen atoms in total. The molecule has 0 fully saturated rings. The maximum absolute atomic E-state index is 13.4. The number of nitrogens with zero attached hydrogens (tertiary/aromatic N) is 2. The van der Waals surface area contributed by atoms with Crippen molar-refractivity contribution < 1.29 is 19.4 Å². The molecule has 2 N–H and O–H groups in total. The Morgan fingerprint density at radius 3 is 2.52 bits per heavy atom. The number of carboxylic acid groups (broad SMARTS) is 1. The van der Waals surface area contributed by atoms with Crippen LogP contribution in [-0.2, 0) is 9.53 Å². The van der Waals surface area contributed by atoms with Crippen LogP contribution in [0, 0.1) is 0 Å². The van der Waals surface area contributed by atoms with Gasteiger partial charge in [-0.3, -0.25) is 9.36 Å². The molecule has 4 rings (SSSR count). The van der Waals surface area contributed by atoms with Gasteiger partial charge in [0.2, 0.25) is 0 Å².